The molecule has 1 atom stereocenters. The molecule has 0 aliphatic carbocycles. The van der Waals surface area contributed by atoms with Crippen molar-refractivity contribution in [1.82, 2.24) is 5.32 Å². The van der Waals surface area contributed by atoms with Crippen LogP contribution in [0.4, 0.5) is 0 Å². The first-order valence-electron chi connectivity index (χ1n) is 5.06. The summed E-state index contributed by atoms with van der Waals surface area (Å²) in [5.74, 6) is 1.20. The molecule has 2 nitrogen and oxygen atoms in total. The number of carbonyl (C=O) groups excluding carboxylic acids is 1. The van der Waals surface area contributed by atoms with E-state index in [0.717, 1.165) is 18.5 Å². The monoisotopic (exact) mass is 245 g/mol. The second-order valence-corrected chi connectivity index (χ2v) is 4.85. The van der Waals surface area contributed by atoms with Gasteiger partial charge in [-0.05, 0) is 34.7 Å². The number of hydrogen-bond donors (Lipinski definition) is 1. The van der Waals surface area contributed by atoms with E-state index in [1.54, 1.807) is 11.3 Å². The van der Waals surface area contributed by atoms with Crippen LogP contribution in [-0.2, 0) is 11.2 Å². The van der Waals surface area contributed by atoms with E-state index >= 15 is 0 Å². The molecule has 0 saturated heterocycles. The van der Waals surface area contributed by atoms with E-state index in [2.05, 4.69) is 12.2 Å². The van der Waals surface area contributed by atoms with Crippen molar-refractivity contribution in [3.63, 3.8) is 0 Å². The highest BCUT2D eigenvalue weighted by atomic mass is 35.5. The molecule has 1 N–H and O–H groups in total. The van der Waals surface area contributed by atoms with Crippen LogP contribution in [0.2, 0.25) is 0 Å². The summed E-state index contributed by atoms with van der Waals surface area (Å²) in [6, 6.07) is 1.98. The summed E-state index contributed by atoms with van der Waals surface area (Å²) in [4.78, 5) is 11.5. The average Bonchev–Trinajstić information content (AvgIpc) is 2.68. The average molecular weight is 246 g/mol. The fraction of sp³-hybridized carbons (Fsp3) is 0.545. The van der Waals surface area contributed by atoms with E-state index in [0.29, 0.717) is 18.2 Å². The van der Waals surface area contributed by atoms with Crippen molar-refractivity contribution >= 4 is 28.8 Å². The van der Waals surface area contributed by atoms with Gasteiger partial charge in [0.2, 0.25) is 5.91 Å². The van der Waals surface area contributed by atoms with Gasteiger partial charge in [0.1, 0.15) is 0 Å². The molecule has 1 amide bonds. The van der Waals surface area contributed by atoms with Gasteiger partial charge in [-0.3, -0.25) is 4.79 Å². The molecular weight excluding hydrogens is 230 g/mol. The number of carbonyl (C=O) groups is 1. The largest absolute Gasteiger partial charge is 0.356 e. The quantitative estimate of drug-likeness (QED) is 0.768. The zero-order valence-electron chi connectivity index (χ0n) is 8.83. The Bertz CT molecular complexity index is 287. The molecule has 1 aromatic heterocycles. The van der Waals surface area contributed by atoms with Crippen LogP contribution in [0.5, 0.6) is 0 Å². The van der Waals surface area contributed by atoms with Crippen molar-refractivity contribution in [2.24, 2.45) is 5.92 Å². The molecule has 0 saturated carbocycles. The Hall–Kier alpha value is -0.540. The fourth-order valence-corrected chi connectivity index (χ4v) is 2.26. The van der Waals surface area contributed by atoms with Gasteiger partial charge in [0.15, 0.2) is 0 Å². The first-order valence-corrected chi connectivity index (χ1v) is 6.54. The summed E-state index contributed by atoms with van der Waals surface area (Å²) < 4.78 is 0. The minimum atomic E-state index is 0.0924. The number of amides is 1. The Kier molecular flexibility index (Phi) is 5.73. The second-order valence-electron chi connectivity index (χ2n) is 3.70. The van der Waals surface area contributed by atoms with Crippen LogP contribution in [-0.4, -0.2) is 18.3 Å². The number of hydrogen-bond acceptors (Lipinski definition) is 2. The van der Waals surface area contributed by atoms with Crippen molar-refractivity contribution in [3.8, 4) is 0 Å². The van der Waals surface area contributed by atoms with Gasteiger partial charge < -0.3 is 5.32 Å². The SMILES string of the molecule is CC(CCCl)CNC(=O)Cc1ccsc1. The predicted octanol–water partition coefficient (Wildman–Crippen LogP) is 2.67. The maximum Gasteiger partial charge on any atom is 0.224 e. The van der Waals surface area contributed by atoms with Gasteiger partial charge in [-0.25, -0.2) is 0 Å². The number of alkyl halides is 1. The van der Waals surface area contributed by atoms with E-state index in [1.165, 1.54) is 0 Å². The lowest BCUT2D eigenvalue weighted by Crippen LogP contribution is -2.29. The van der Waals surface area contributed by atoms with E-state index < -0.39 is 0 Å². The summed E-state index contributed by atoms with van der Waals surface area (Å²) >= 11 is 7.23. The molecule has 0 aromatic carbocycles. The Labute approximate surface area is 99.6 Å². The first-order chi connectivity index (χ1) is 7.22. The lowest BCUT2D eigenvalue weighted by Gasteiger charge is -2.10. The van der Waals surface area contributed by atoms with Crippen LogP contribution in [0.1, 0.15) is 18.9 Å². The van der Waals surface area contributed by atoms with Gasteiger partial charge in [0, 0.05) is 12.4 Å². The summed E-state index contributed by atoms with van der Waals surface area (Å²) in [7, 11) is 0. The zero-order chi connectivity index (χ0) is 11.1. The second kappa shape index (κ2) is 6.85. The highest BCUT2D eigenvalue weighted by Gasteiger charge is 2.06. The molecule has 0 radical (unpaired) electrons. The highest BCUT2D eigenvalue weighted by Crippen LogP contribution is 2.06. The van der Waals surface area contributed by atoms with Crippen molar-refractivity contribution in [2.75, 3.05) is 12.4 Å². The Morgan fingerprint density at radius 3 is 3.07 bits per heavy atom. The molecule has 1 rings (SSSR count). The van der Waals surface area contributed by atoms with Crippen LogP contribution in [0.3, 0.4) is 0 Å². The topological polar surface area (TPSA) is 29.1 Å². The van der Waals surface area contributed by atoms with Gasteiger partial charge in [-0.1, -0.05) is 6.92 Å². The predicted molar refractivity (Wildman–Crippen MR) is 65.5 cm³/mol. The van der Waals surface area contributed by atoms with Crippen LogP contribution >= 0.6 is 22.9 Å². The molecule has 4 heteroatoms. The molecule has 84 valence electrons. The van der Waals surface area contributed by atoms with Crippen LogP contribution in [0, 0.1) is 5.92 Å². The van der Waals surface area contributed by atoms with Crippen molar-refractivity contribution in [1.29, 1.82) is 0 Å². The molecule has 0 aliphatic rings. The van der Waals surface area contributed by atoms with E-state index in [4.69, 9.17) is 11.6 Å². The Morgan fingerprint density at radius 2 is 2.47 bits per heavy atom. The molecule has 0 fully saturated rings. The van der Waals surface area contributed by atoms with Crippen LogP contribution in [0.25, 0.3) is 0 Å². The number of rotatable bonds is 6. The molecule has 0 bridgehead atoms. The summed E-state index contributed by atoms with van der Waals surface area (Å²) in [6.45, 7) is 2.81. The fourth-order valence-electron chi connectivity index (χ4n) is 1.22. The molecular formula is C11H16ClNOS. The van der Waals surface area contributed by atoms with Gasteiger partial charge in [0.05, 0.1) is 6.42 Å². The third kappa shape index (κ3) is 5.19. The van der Waals surface area contributed by atoms with Crippen LogP contribution in [0.15, 0.2) is 16.8 Å². The van der Waals surface area contributed by atoms with Gasteiger partial charge in [0.25, 0.3) is 0 Å². The van der Waals surface area contributed by atoms with Gasteiger partial charge >= 0.3 is 0 Å². The molecule has 0 aliphatic heterocycles. The van der Waals surface area contributed by atoms with E-state index in [9.17, 15) is 4.79 Å². The molecule has 1 aromatic rings. The smallest absolute Gasteiger partial charge is 0.224 e. The summed E-state index contributed by atoms with van der Waals surface area (Å²) in [5, 5.41) is 6.90. The summed E-state index contributed by atoms with van der Waals surface area (Å²) in [5.41, 5.74) is 1.09. The molecule has 0 spiro atoms. The minimum absolute atomic E-state index is 0.0924. The van der Waals surface area contributed by atoms with Crippen molar-refractivity contribution < 1.29 is 4.79 Å². The van der Waals surface area contributed by atoms with Crippen molar-refractivity contribution in [3.05, 3.63) is 22.4 Å². The first kappa shape index (κ1) is 12.5. The highest BCUT2D eigenvalue weighted by molar-refractivity contribution is 7.07. The lowest BCUT2D eigenvalue weighted by molar-refractivity contribution is -0.120. The van der Waals surface area contributed by atoms with E-state index in [-0.39, 0.29) is 5.91 Å². The van der Waals surface area contributed by atoms with Gasteiger partial charge in [-0.15, -0.1) is 11.6 Å². The van der Waals surface area contributed by atoms with Crippen molar-refractivity contribution in [2.45, 2.75) is 19.8 Å². The standard InChI is InChI=1S/C11H16ClNOS/c1-9(2-4-12)7-13-11(14)6-10-3-5-15-8-10/h3,5,8-9H,2,4,6-7H2,1H3,(H,13,14). The van der Waals surface area contributed by atoms with Crippen LogP contribution < -0.4 is 5.32 Å². The van der Waals surface area contributed by atoms with Gasteiger partial charge in [-0.2, -0.15) is 11.3 Å². The Morgan fingerprint density at radius 1 is 1.67 bits per heavy atom. The maximum atomic E-state index is 11.5. The lowest BCUT2D eigenvalue weighted by atomic mass is 10.1. The maximum absolute atomic E-state index is 11.5. The zero-order valence-corrected chi connectivity index (χ0v) is 10.4. The third-order valence-electron chi connectivity index (χ3n) is 2.19. The summed E-state index contributed by atoms with van der Waals surface area (Å²) in [6.07, 6.45) is 1.43. The molecule has 1 unspecified atom stereocenters. The molecule has 15 heavy (non-hydrogen) atoms. The number of halogens is 1. The van der Waals surface area contributed by atoms with E-state index in [1.807, 2.05) is 16.8 Å². The molecule has 1 heterocycles. The minimum Gasteiger partial charge on any atom is -0.356 e. The number of nitrogens with one attached hydrogen (secondary N) is 1. The Balaban J connectivity index is 2.19. The third-order valence-corrected chi connectivity index (χ3v) is 3.14. The number of thiophene rings is 1. The normalized spacial score (nSPS) is 12.4.